The van der Waals surface area contributed by atoms with E-state index in [0.717, 1.165) is 50.8 Å². The summed E-state index contributed by atoms with van der Waals surface area (Å²) in [6, 6.07) is 17.8. The van der Waals surface area contributed by atoms with E-state index in [4.69, 9.17) is 23.7 Å². The molecule has 160 valence electrons. The Balaban J connectivity index is 1.87. The Morgan fingerprint density at radius 3 is 2.06 bits per heavy atom. The smallest absolute Gasteiger partial charge is 0.153 e. The summed E-state index contributed by atoms with van der Waals surface area (Å²) in [7, 11) is 6.63. The molecule has 0 aliphatic carbocycles. The molecule has 5 heteroatoms. The minimum Gasteiger partial charge on any atom is -0.497 e. The molecule has 0 saturated carbocycles. The number of fused-ring (bicyclic) bond motifs is 1. The second-order valence-corrected chi connectivity index (χ2v) is 7.35. The summed E-state index contributed by atoms with van der Waals surface area (Å²) in [5.41, 5.74) is 5.01. The Labute approximate surface area is 182 Å². The van der Waals surface area contributed by atoms with E-state index >= 15 is 0 Å². The van der Waals surface area contributed by atoms with Crippen molar-refractivity contribution < 1.29 is 23.7 Å². The molecule has 0 N–H and O–H groups in total. The Bertz CT molecular complexity index is 1120. The average Bonchev–Trinajstić information content (AvgIpc) is 3.16. The van der Waals surface area contributed by atoms with Crippen molar-refractivity contribution >= 4 is 11.8 Å². The third-order valence-electron chi connectivity index (χ3n) is 5.37. The Kier molecular flexibility index (Phi) is 5.76. The minimum absolute atomic E-state index is 0.325. The number of benzene rings is 3. The van der Waals surface area contributed by atoms with Crippen LogP contribution < -0.4 is 18.9 Å². The highest BCUT2D eigenvalue weighted by atomic mass is 16.5. The molecule has 0 amide bonds. The highest BCUT2D eigenvalue weighted by molar-refractivity contribution is 5.84. The van der Waals surface area contributed by atoms with Gasteiger partial charge in [-0.15, -0.1) is 0 Å². The summed E-state index contributed by atoms with van der Waals surface area (Å²) in [6.07, 6.45) is 1.69. The van der Waals surface area contributed by atoms with Crippen LogP contribution >= 0.6 is 0 Å². The van der Waals surface area contributed by atoms with Crippen molar-refractivity contribution in [2.75, 3.05) is 28.4 Å². The van der Waals surface area contributed by atoms with E-state index in [9.17, 15) is 0 Å². The minimum atomic E-state index is -0.325. The molecule has 0 spiro atoms. The molecule has 1 aliphatic heterocycles. The van der Waals surface area contributed by atoms with Gasteiger partial charge in [-0.05, 0) is 54.5 Å². The molecule has 4 rings (SSSR count). The van der Waals surface area contributed by atoms with Gasteiger partial charge < -0.3 is 23.7 Å². The van der Waals surface area contributed by atoms with E-state index in [1.165, 1.54) is 0 Å². The highest BCUT2D eigenvalue weighted by Crippen LogP contribution is 2.49. The van der Waals surface area contributed by atoms with Gasteiger partial charge in [-0.2, -0.15) is 0 Å². The first-order valence-electron chi connectivity index (χ1n) is 10.0. The fourth-order valence-electron chi connectivity index (χ4n) is 3.86. The molecule has 1 heterocycles. The highest BCUT2D eigenvalue weighted by Gasteiger charge is 2.34. The molecule has 0 radical (unpaired) electrons. The van der Waals surface area contributed by atoms with E-state index in [-0.39, 0.29) is 6.10 Å². The second-order valence-electron chi connectivity index (χ2n) is 7.35. The van der Waals surface area contributed by atoms with Gasteiger partial charge in [-0.1, -0.05) is 18.2 Å². The van der Waals surface area contributed by atoms with E-state index in [1.807, 2.05) is 61.5 Å². The van der Waals surface area contributed by atoms with Gasteiger partial charge in [0.05, 0.1) is 34.0 Å². The molecular formula is C26H26O5. The van der Waals surface area contributed by atoms with Gasteiger partial charge in [-0.25, -0.2) is 0 Å². The zero-order chi connectivity index (χ0) is 22.0. The van der Waals surface area contributed by atoms with E-state index < -0.39 is 0 Å². The van der Waals surface area contributed by atoms with Crippen LogP contribution in [0.25, 0.3) is 11.8 Å². The summed E-state index contributed by atoms with van der Waals surface area (Å²) < 4.78 is 28.5. The van der Waals surface area contributed by atoms with Crippen LogP contribution in [0.1, 0.15) is 33.9 Å². The lowest BCUT2D eigenvalue weighted by molar-refractivity contribution is 0.225. The van der Waals surface area contributed by atoms with Crippen molar-refractivity contribution in [3.05, 3.63) is 82.4 Å². The largest absolute Gasteiger partial charge is 0.497 e. The first-order valence-corrected chi connectivity index (χ1v) is 10.0. The third-order valence-corrected chi connectivity index (χ3v) is 5.37. The maximum Gasteiger partial charge on any atom is 0.153 e. The SMILES string of the molecule is COc1ccc(C=C2OC(c3cc(C)cc(OC)c3)c3c(OC)cc(OC)cc32)cc1. The first kappa shape index (κ1) is 20.7. The van der Waals surface area contributed by atoms with Gasteiger partial charge in [0, 0.05) is 17.2 Å². The zero-order valence-corrected chi connectivity index (χ0v) is 18.4. The molecule has 1 aliphatic rings. The van der Waals surface area contributed by atoms with Gasteiger partial charge in [0.15, 0.2) is 6.10 Å². The van der Waals surface area contributed by atoms with Crippen LogP contribution in [0.4, 0.5) is 0 Å². The third kappa shape index (κ3) is 4.04. The molecule has 0 saturated heterocycles. The van der Waals surface area contributed by atoms with Crippen LogP contribution in [0.3, 0.4) is 0 Å². The summed E-state index contributed by atoms with van der Waals surface area (Å²) in [5, 5.41) is 0. The maximum atomic E-state index is 6.51. The Morgan fingerprint density at radius 2 is 1.42 bits per heavy atom. The van der Waals surface area contributed by atoms with Gasteiger partial charge in [0.25, 0.3) is 0 Å². The van der Waals surface area contributed by atoms with Crippen LogP contribution in [0.2, 0.25) is 0 Å². The number of aryl methyl sites for hydroxylation is 1. The Hall–Kier alpha value is -3.60. The molecule has 5 nitrogen and oxygen atoms in total. The number of hydrogen-bond donors (Lipinski definition) is 0. The Morgan fingerprint density at radius 1 is 0.742 bits per heavy atom. The summed E-state index contributed by atoms with van der Waals surface area (Å²) in [5.74, 6) is 3.78. The van der Waals surface area contributed by atoms with Crippen LogP contribution in [0.5, 0.6) is 23.0 Å². The number of methoxy groups -OCH3 is 4. The van der Waals surface area contributed by atoms with E-state index in [0.29, 0.717) is 5.75 Å². The van der Waals surface area contributed by atoms with Crippen molar-refractivity contribution in [2.45, 2.75) is 13.0 Å². The summed E-state index contributed by atoms with van der Waals surface area (Å²) >= 11 is 0. The number of rotatable bonds is 6. The van der Waals surface area contributed by atoms with Crippen LogP contribution in [-0.4, -0.2) is 28.4 Å². The predicted molar refractivity (Wildman–Crippen MR) is 121 cm³/mol. The normalized spacial score (nSPS) is 15.9. The van der Waals surface area contributed by atoms with E-state index in [2.05, 4.69) is 6.07 Å². The molecule has 1 unspecified atom stereocenters. The number of ether oxygens (including phenoxy) is 5. The lowest BCUT2D eigenvalue weighted by Crippen LogP contribution is -2.02. The van der Waals surface area contributed by atoms with Gasteiger partial charge in [0.2, 0.25) is 0 Å². The van der Waals surface area contributed by atoms with Crippen LogP contribution in [-0.2, 0) is 4.74 Å². The fourth-order valence-corrected chi connectivity index (χ4v) is 3.86. The summed E-state index contributed by atoms with van der Waals surface area (Å²) in [6.45, 7) is 2.04. The lowest BCUT2D eigenvalue weighted by Gasteiger charge is -2.17. The standard InChI is InChI=1S/C26H26O5/c1-16-10-18(13-20(11-16)28-3)26-25-22(14-21(29-4)15-24(25)30-5)23(31-26)12-17-6-8-19(27-2)9-7-17/h6-15,26H,1-5H3. The summed E-state index contributed by atoms with van der Waals surface area (Å²) in [4.78, 5) is 0. The predicted octanol–water partition coefficient (Wildman–Crippen LogP) is 5.65. The van der Waals surface area contributed by atoms with E-state index in [1.54, 1.807) is 28.4 Å². The molecule has 3 aromatic rings. The molecule has 0 fully saturated rings. The molecule has 0 bridgehead atoms. The van der Waals surface area contributed by atoms with Gasteiger partial charge in [-0.3, -0.25) is 0 Å². The van der Waals surface area contributed by atoms with Crippen molar-refractivity contribution in [3.63, 3.8) is 0 Å². The first-order chi connectivity index (χ1) is 15.1. The number of hydrogen-bond acceptors (Lipinski definition) is 5. The maximum absolute atomic E-state index is 6.51. The quantitative estimate of drug-likeness (QED) is 0.518. The average molecular weight is 418 g/mol. The fraction of sp³-hybridized carbons (Fsp3) is 0.231. The topological polar surface area (TPSA) is 46.2 Å². The van der Waals surface area contributed by atoms with Gasteiger partial charge in [0.1, 0.15) is 28.8 Å². The van der Waals surface area contributed by atoms with Crippen molar-refractivity contribution in [1.82, 2.24) is 0 Å². The molecule has 3 aromatic carbocycles. The molecular weight excluding hydrogens is 392 g/mol. The van der Waals surface area contributed by atoms with Crippen molar-refractivity contribution in [3.8, 4) is 23.0 Å². The van der Waals surface area contributed by atoms with Crippen molar-refractivity contribution in [2.24, 2.45) is 0 Å². The molecule has 31 heavy (non-hydrogen) atoms. The lowest BCUT2D eigenvalue weighted by atomic mass is 9.95. The zero-order valence-electron chi connectivity index (χ0n) is 18.4. The molecule has 0 aromatic heterocycles. The van der Waals surface area contributed by atoms with Crippen molar-refractivity contribution in [1.29, 1.82) is 0 Å². The monoisotopic (exact) mass is 418 g/mol. The van der Waals surface area contributed by atoms with Crippen LogP contribution in [0.15, 0.2) is 54.6 Å². The van der Waals surface area contributed by atoms with Gasteiger partial charge >= 0.3 is 0 Å². The van der Waals surface area contributed by atoms with Crippen LogP contribution in [0, 0.1) is 6.92 Å². The second kappa shape index (κ2) is 8.64. The molecule has 1 atom stereocenters.